The van der Waals surface area contributed by atoms with Gasteiger partial charge in [0.05, 0.1) is 0 Å². The van der Waals surface area contributed by atoms with E-state index in [4.69, 9.17) is 4.55 Å². The monoisotopic (exact) mass is 305 g/mol. The van der Waals surface area contributed by atoms with Crippen LogP contribution in [0.2, 0.25) is 0 Å². The van der Waals surface area contributed by atoms with Gasteiger partial charge in [-0.1, -0.05) is 29.8 Å². The lowest BCUT2D eigenvalue weighted by molar-refractivity contribution is 0.0780. The summed E-state index contributed by atoms with van der Waals surface area (Å²) in [6.45, 7) is 5.82. The van der Waals surface area contributed by atoms with Gasteiger partial charge in [0.2, 0.25) is 11.1 Å². The highest BCUT2D eigenvalue weighted by Crippen LogP contribution is 2.21. The molecule has 0 saturated heterocycles. The molecular weight excluding hydrogens is 284 g/mol. The standard InChI is InChI=1S/C14H21F2NO2S/c1-11-4-6-12(7-5-11)10-13(2,3)17-9-8-14(15,16)20(18)19/h4-7,17H,8-10H2,1-3H3,(H,18,19). The van der Waals surface area contributed by atoms with E-state index in [9.17, 15) is 13.0 Å². The van der Waals surface area contributed by atoms with Crippen LogP contribution in [-0.2, 0) is 17.5 Å². The molecule has 1 aromatic carbocycles. The molecule has 1 unspecified atom stereocenters. The fraction of sp³-hybridized carbons (Fsp3) is 0.571. The minimum absolute atomic E-state index is 0.0157. The van der Waals surface area contributed by atoms with Crippen LogP contribution in [0.3, 0.4) is 0 Å². The van der Waals surface area contributed by atoms with Gasteiger partial charge in [0, 0.05) is 18.5 Å². The molecule has 6 heteroatoms. The van der Waals surface area contributed by atoms with Gasteiger partial charge in [-0.3, -0.25) is 0 Å². The summed E-state index contributed by atoms with van der Waals surface area (Å²) in [6, 6.07) is 8.04. The molecule has 2 N–H and O–H groups in total. The summed E-state index contributed by atoms with van der Waals surface area (Å²) in [4.78, 5) is 0. The van der Waals surface area contributed by atoms with Crippen molar-refractivity contribution >= 4 is 11.1 Å². The molecule has 1 aromatic rings. The predicted octanol–water partition coefficient (Wildman–Crippen LogP) is 3.11. The third-order valence-corrected chi connectivity index (χ3v) is 3.76. The van der Waals surface area contributed by atoms with E-state index in [0.717, 1.165) is 5.56 Å². The molecule has 0 aliphatic rings. The lowest BCUT2D eigenvalue weighted by Crippen LogP contribution is -2.43. The van der Waals surface area contributed by atoms with Crippen LogP contribution < -0.4 is 5.32 Å². The van der Waals surface area contributed by atoms with Gasteiger partial charge < -0.3 is 9.87 Å². The average molecular weight is 305 g/mol. The molecular formula is C14H21F2NO2S. The predicted molar refractivity (Wildman–Crippen MR) is 77.3 cm³/mol. The molecule has 0 saturated carbocycles. The lowest BCUT2D eigenvalue weighted by Gasteiger charge is -2.27. The van der Waals surface area contributed by atoms with Crippen molar-refractivity contribution in [3.05, 3.63) is 35.4 Å². The first-order chi connectivity index (χ1) is 9.12. The molecule has 1 atom stereocenters. The zero-order valence-electron chi connectivity index (χ0n) is 12.0. The van der Waals surface area contributed by atoms with E-state index in [0.29, 0.717) is 6.42 Å². The van der Waals surface area contributed by atoms with E-state index in [1.807, 2.05) is 45.0 Å². The number of halogens is 2. The Bertz CT molecular complexity index is 461. The number of benzene rings is 1. The van der Waals surface area contributed by atoms with Gasteiger partial charge in [-0.25, -0.2) is 4.21 Å². The van der Waals surface area contributed by atoms with Crippen LogP contribution in [0.25, 0.3) is 0 Å². The van der Waals surface area contributed by atoms with Crippen molar-refractivity contribution in [2.75, 3.05) is 6.54 Å². The van der Waals surface area contributed by atoms with Gasteiger partial charge in [0.15, 0.2) is 0 Å². The highest BCUT2D eigenvalue weighted by Gasteiger charge is 2.36. The normalized spacial score (nSPS) is 14.3. The quantitative estimate of drug-likeness (QED) is 0.761. The molecule has 0 fully saturated rings. The molecule has 1 rings (SSSR count). The number of hydrogen-bond donors (Lipinski definition) is 2. The van der Waals surface area contributed by atoms with E-state index in [-0.39, 0.29) is 12.1 Å². The Morgan fingerprint density at radius 2 is 1.80 bits per heavy atom. The van der Waals surface area contributed by atoms with Crippen LogP contribution >= 0.6 is 0 Å². The van der Waals surface area contributed by atoms with Crippen molar-refractivity contribution in [3.8, 4) is 0 Å². The molecule has 3 nitrogen and oxygen atoms in total. The first kappa shape index (κ1) is 17.2. The minimum Gasteiger partial charge on any atom is -0.311 e. The van der Waals surface area contributed by atoms with Crippen molar-refractivity contribution < 1.29 is 17.5 Å². The molecule has 0 bridgehead atoms. The highest BCUT2D eigenvalue weighted by atomic mass is 32.2. The molecule has 0 spiro atoms. The van der Waals surface area contributed by atoms with Crippen LogP contribution in [0.5, 0.6) is 0 Å². The fourth-order valence-corrected chi connectivity index (χ4v) is 2.19. The molecule has 0 heterocycles. The third-order valence-electron chi connectivity index (χ3n) is 3.04. The number of rotatable bonds is 7. The van der Waals surface area contributed by atoms with Crippen molar-refractivity contribution in [2.24, 2.45) is 0 Å². The maximum Gasteiger partial charge on any atom is 0.346 e. The highest BCUT2D eigenvalue weighted by molar-refractivity contribution is 7.80. The zero-order valence-corrected chi connectivity index (χ0v) is 12.8. The van der Waals surface area contributed by atoms with Crippen LogP contribution in [0, 0.1) is 6.92 Å². The third kappa shape index (κ3) is 5.64. The maximum atomic E-state index is 13.0. The van der Waals surface area contributed by atoms with Gasteiger partial charge >= 0.3 is 5.25 Å². The summed E-state index contributed by atoms with van der Waals surface area (Å²) in [5.41, 5.74) is 1.93. The number of alkyl halides is 2. The van der Waals surface area contributed by atoms with E-state index in [1.165, 1.54) is 5.56 Å². The van der Waals surface area contributed by atoms with Crippen LogP contribution in [0.1, 0.15) is 31.4 Å². The van der Waals surface area contributed by atoms with Crippen LogP contribution in [0.15, 0.2) is 24.3 Å². The largest absolute Gasteiger partial charge is 0.346 e. The second-order valence-corrected chi connectivity index (χ2v) is 6.71. The second-order valence-electron chi connectivity index (χ2n) is 5.61. The summed E-state index contributed by atoms with van der Waals surface area (Å²) in [5.74, 6) is 0. The zero-order chi connectivity index (χ0) is 15.4. The van der Waals surface area contributed by atoms with Crippen LogP contribution in [0.4, 0.5) is 8.78 Å². The Morgan fingerprint density at radius 3 is 2.30 bits per heavy atom. The summed E-state index contributed by atoms with van der Waals surface area (Å²) in [5, 5.41) is -0.555. The molecule has 0 aliphatic carbocycles. The molecule has 0 amide bonds. The Balaban J connectivity index is 2.49. The summed E-state index contributed by atoms with van der Waals surface area (Å²) in [7, 11) is 0. The van der Waals surface area contributed by atoms with Gasteiger partial charge in [0.25, 0.3) is 0 Å². The summed E-state index contributed by atoms with van der Waals surface area (Å²) >= 11 is -3.12. The van der Waals surface area contributed by atoms with E-state index in [2.05, 4.69) is 5.32 Å². The number of hydrogen-bond acceptors (Lipinski definition) is 2. The number of nitrogens with one attached hydrogen (secondary N) is 1. The first-order valence-corrected chi connectivity index (χ1v) is 7.52. The van der Waals surface area contributed by atoms with Gasteiger partial charge in [-0.2, -0.15) is 8.78 Å². The topological polar surface area (TPSA) is 49.3 Å². The first-order valence-electron chi connectivity index (χ1n) is 6.42. The van der Waals surface area contributed by atoms with Crippen LogP contribution in [-0.4, -0.2) is 26.1 Å². The minimum atomic E-state index is -3.56. The smallest absolute Gasteiger partial charge is 0.311 e. The van der Waals surface area contributed by atoms with Crippen molar-refractivity contribution in [1.29, 1.82) is 0 Å². The molecule has 114 valence electrons. The molecule has 0 radical (unpaired) electrons. The van der Waals surface area contributed by atoms with Crippen molar-refractivity contribution in [1.82, 2.24) is 5.32 Å². The molecule has 20 heavy (non-hydrogen) atoms. The maximum absolute atomic E-state index is 13.0. The SMILES string of the molecule is Cc1ccc(CC(C)(C)NCCC(F)(F)S(=O)O)cc1. The fourth-order valence-electron chi connectivity index (χ4n) is 1.91. The van der Waals surface area contributed by atoms with Crippen molar-refractivity contribution in [3.63, 3.8) is 0 Å². The Kier molecular flexibility index (Phi) is 5.79. The van der Waals surface area contributed by atoms with Gasteiger partial charge in [0.1, 0.15) is 0 Å². The summed E-state index contributed by atoms with van der Waals surface area (Å²) < 4.78 is 44.9. The second kappa shape index (κ2) is 6.74. The van der Waals surface area contributed by atoms with Gasteiger partial charge in [-0.15, -0.1) is 0 Å². The number of aryl methyl sites for hydroxylation is 1. The molecule has 0 aromatic heterocycles. The summed E-state index contributed by atoms with van der Waals surface area (Å²) in [6.07, 6.45) is 0.0362. The lowest BCUT2D eigenvalue weighted by atomic mass is 9.94. The van der Waals surface area contributed by atoms with Gasteiger partial charge in [-0.05, 0) is 32.8 Å². The van der Waals surface area contributed by atoms with E-state index in [1.54, 1.807) is 0 Å². The van der Waals surface area contributed by atoms with E-state index >= 15 is 0 Å². The van der Waals surface area contributed by atoms with Crippen molar-refractivity contribution in [2.45, 2.75) is 44.4 Å². The average Bonchev–Trinajstić information content (AvgIpc) is 2.31. The Labute approximate surface area is 121 Å². The Morgan fingerprint density at radius 1 is 1.25 bits per heavy atom. The van der Waals surface area contributed by atoms with E-state index < -0.39 is 22.8 Å². The Hall–Kier alpha value is -0.850. The molecule has 0 aliphatic heterocycles.